The van der Waals surface area contributed by atoms with Gasteiger partial charge in [0.1, 0.15) is 0 Å². The van der Waals surface area contributed by atoms with Crippen molar-refractivity contribution in [3.8, 4) is 0 Å². The fraction of sp³-hybridized carbons (Fsp3) is 1.00. The first-order valence-electron chi connectivity index (χ1n) is 4.95. The van der Waals surface area contributed by atoms with E-state index in [2.05, 4.69) is 0 Å². The van der Waals surface area contributed by atoms with Gasteiger partial charge >= 0.3 is 15.5 Å². The fourth-order valence-electron chi connectivity index (χ4n) is 2.31. The molecule has 0 amide bonds. The summed E-state index contributed by atoms with van der Waals surface area (Å²) in [6.07, 6.45) is 3.78. The lowest BCUT2D eigenvalue weighted by Gasteiger charge is -2.10. The lowest BCUT2D eigenvalue weighted by atomic mass is 10.2. The van der Waals surface area contributed by atoms with E-state index in [0.717, 1.165) is 19.3 Å². The van der Waals surface area contributed by atoms with Gasteiger partial charge in [0, 0.05) is 12.1 Å². The van der Waals surface area contributed by atoms with Gasteiger partial charge in [-0.3, -0.25) is 0 Å². The summed E-state index contributed by atoms with van der Waals surface area (Å²) >= 11 is 0. The molecule has 1 aliphatic carbocycles. The van der Waals surface area contributed by atoms with Crippen LogP contribution < -0.4 is 0 Å². The highest BCUT2D eigenvalue weighted by atomic mass is 32.2. The molecule has 0 radical (unpaired) electrons. The van der Waals surface area contributed by atoms with Crippen LogP contribution in [0.15, 0.2) is 0 Å². The molecule has 0 aromatic carbocycles. The van der Waals surface area contributed by atoms with Crippen molar-refractivity contribution in [1.29, 1.82) is 0 Å². The van der Waals surface area contributed by atoms with Crippen molar-refractivity contribution in [2.24, 2.45) is 0 Å². The Morgan fingerprint density at radius 2 is 1.47 bits per heavy atom. The molecule has 2 atom stereocenters. The fourth-order valence-corrected chi connectivity index (χ4v) is 3.70. The van der Waals surface area contributed by atoms with E-state index in [1.807, 2.05) is 0 Å². The molecule has 0 bridgehead atoms. The molecule has 0 aromatic rings. The van der Waals surface area contributed by atoms with Gasteiger partial charge in [-0.05, 0) is 12.8 Å². The first-order chi connectivity index (χ1) is 6.86. The van der Waals surface area contributed by atoms with Gasteiger partial charge < -0.3 is 0 Å². The smallest absolute Gasteiger partial charge is 0.203 e. The quantitative estimate of drug-likeness (QED) is 0.659. The number of alkyl halides is 3. The van der Waals surface area contributed by atoms with E-state index in [0.29, 0.717) is 17.1 Å². The Kier molecular flexibility index (Phi) is 2.50. The predicted molar refractivity (Wildman–Crippen MR) is 47.5 cm³/mol. The Morgan fingerprint density at radius 3 is 1.87 bits per heavy atom. The van der Waals surface area contributed by atoms with E-state index in [4.69, 9.17) is 0 Å². The van der Waals surface area contributed by atoms with Crippen molar-refractivity contribution in [2.75, 3.05) is 0 Å². The van der Waals surface area contributed by atoms with Crippen LogP contribution in [-0.4, -0.2) is 30.3 Å². The molecule has 1 saturated heterocycles. The minimum atomic E-state index is -5.14. The third kappa shape index (κ3) is 1.75. The van der Waals surface area contributed by atoms with E-state index in [1.54, 1.807) is 0 Å². The van der Waals surface area contributed by atoms with Gasteiger partial charge in [-0.1, -0.05) is 19.3 Å². The molecule has 0 aromatic heterocycles. The zero-order valence-electron chi connectivity index (χ0n) is 8.00. The molecule has 7 heteroatoms. The van der Waals surface area contributed by atoms with Crippen molar-refractivity contribution in [2.45, 2.75) is 49.7 Å². The second-order valence-electron chi connectivity index (χ2n) is 4.05. The highest BCUT2D eigenvalue weighted by Gasteiger charge is 2.63. The molecule has 2 unspecified atom stereocenters. The molecule has 15 heavy (non-hydrogen) atoms. The topological polar surface area (TPSA) is 37.1 Å². The van der Waals surface area contributed by atoms with Crippen LogP contribution in [0.25, 0.3) is 0 Å². The van der Waals surface area contributed by atoms with E-state index in [-0.39, 0.29) is 12.1 Å². The molecule has 2 aliphatic rings. The minimum absolute atomic E-state index is 0.390. The van der Waals surface area contributed by atoms with E-state index in [1.165, 1.54) is 0 Å². The summed E-state index contributed by atoms with van der Waals surface area (Å²) < 4.78 is 59.5. The van der Waals surface area contributed by atoms with Gasteiger partial charge in [-0.25, -0.2) is 8.42 Å². The SMILES string of the molecule is O=S(=O)(N1C2CCCCCC21)C(F)(F)F. The first-order valence-corrected chi connectivity index (χ1v) is 6.39. The largest absolute Gasteiger partial charge is 0.511 e. The van der Waals surface area contributed by atoms with E-state index in [9.17, 15) is 21.6 Å². The molecular formula is C8H12F3NO2S. The third-order valence-electron chi connectivity index (χ3n) is 3.08. The van der Waals surface area contributed by atoms with Crippen molar-refractivity contribution >= 4 is 10.0 Å². The maximum Gasteiger partial charge on any atom is 0.511 e. The summed E-state index contributed by atoms with van der Waals surface area (Å²) in [7, 11) is -5.07. The van der Waals surface area contributed by atoms with Crippen LogP contribution in [0, 0.1) is 0 Å². The predicted octanol–water partition coefficient (Wildman–Crippen LogP) is 1.85. The Balaban J connectivity index is 2.15. The number of hydrogen-bond acceptors (Lipinski definition) is 2. The van der Waals surface area contributed by atoms with Gasteiger partial charge in [0.15, 0.2) is 0 Å². The van der Waals surface area contributed by atoms with Gasteiger partial charge in [0.25, 0.3) is 0 Å². The van der Waals surface area contributed by atoms with Crippen LogP contribution in [0.1, 0.15) is 32.1 Å². The molecule has 3 nitrogen and oxygen atoms in total. The zero-order chi connectivity index (χ0) is 11.3. The van der Waals surface area contributed by atoms with Crippen LogP contribution in [0.3, 0.4) is 0 Å². The van der Waals surface area contributed by atoms with Crippen LogP contribution in [0.4, 0.5) is 13.2 Å². The van der Waals surface area contributed by atoms with Crippen LogP contribution >= 0.6 is 0 Å². The Labute approximate surface area is 86.3 Å². The number of hydrogen-bond donors (Lipinski definition) is 0. The standard InChI is InChI=1S/C8H12F3NO2S/c9-8(10,11)15(13,14)12-6-4-2-1-3-5-7(6)12/h6-7H,1-5H2. The molecule has 1 heterocycles. The Morgan fingerprint density at radius 1 is 1.00 bits per heavy atom. The molecule has 2 fully saturated rings. The summed E-state index contributed by atoms with van der Waals surface area (Å²) in [4.78, 5) is 0. The lowest BCUT2D eigenvalue weighted by Crippen LogP contribution is -2.31. The average Bonchev–Trinajstić information content (AvgIpc) is 2.73. The highest BCUT2D eigenvalue weighted by molar-refractivity contribution is 7.90. The maximum atomic E-state index is 12.2. The number of sulfonamides is 1. The van der Waals surface area contributed by atoms with Crippen LogP contribution in [0.2, 0.25) is 0 Å². The number of nitrogens with zero attached hydrogens (tertiary/aromatic N) is 1. The zero-order valence-corrected chi connectivity index (χ0v) is 8.81. The van der Waals surface area contributed by atoms with Gasteiger partial charge in [0.2, 0.25) is 0 Å². The lowest BCUT2D eigenvalue weighted by molar-refractivity contribution is -0.0469. The summed E-state index contributed by atoms with van der Waals surface area (Å²) in [6, 6.07) is -0.779. The molecule has 88 valence electrons. The molecular weight excluding hydrogens is 231 g/mol. The Hall–Kier alpha value is -0.300. The molecule has 0 N–H and O–H groups in total. The maximum absolute atomic E-state index is 12.2. The van der Waals surface area contributed by atoms with Gasteiger partial charge in [0.05, 0.1) is 0 Å². The minimum Gasteiger partial charge on any atom is -0.203 e. The monoisotopic (exact) mass is 243 g/mol. The molecule has 1 saturated carbocycles. The van der Waals surface area contributed by atoms with E-state index >= 15 is 0 Å². The number of fused-ring (bicyclic) bond motifs is 1. The number of rotatable bonds is 1. The van der Waals surface area contributed by atoms with Crippen molar-refractivity contribution in [1.82, 2.24) is 4.31 Å². The summed E-state index contributed by atoms with van der Waals surface area (Å²) in [5.74, 6) is 0. The van der Waals surface area contributed by atoms with Gasteiger partial charge in [-0.2, -0.15) is 17.5 Å². The third-order valence-corrected chi connectivity index (χ3v) is 4.76. The normalized spacial score (nSPS) is 36.9. The van der Waals surface area contributed by atoms with E-state index < -0.39 is 15.5 Å². The highest BCUT2D eigenvalue weighted by Crippen LogP contribution is 2.45. The Bertz CT molecular complexity index is 339. The van der Waals surface area contributed by atoms with Crippen molar-refractivity contribution in [3.05, 3.63) is 0 Å². The van der Waals surface area contributed by atoms with Crippen molar-refractivity contribution in [3.63, 3.8) is 0 Å². The molecule has 0 spiro atoms. The second-order valence-corrected chi connectivity index (χ2v) is 5.89. The van der Waals surface area contributed by atoms with Crippen LogP contribution in [-0.2, 0) is 10.0 Å². The second kappa shape index (κ2) is 3.35. The average molecular weight is 243 g/mol. The molecule has 2 rings (SSSR count). The van der Waals surface area contributed by atoms with Gasteiger partial charge in [-0.15, -0.1) is 0 Å². The molecule has 1 aliphatic heterocycles. The first kappa shape index (κ1) is 11.2. The summed E-state index contributed by atoms with van der Waals surface area (Å²) in [5.41, 5.74) is -5.14. The van der Waals surface area contributed by atoms with Crippen molar-refractivity contribution < 1.29 is 21.6 Å². The van der Waals surface area contributed by atoms with Crippen LogP contribution in [0.5, 0.6) is 0 Å². The number of halogens is 3. The summed E-state index contributed by atoms with van der Waals surface area (Å²) in [6.45, 7) is 0. The summed E-state index contributed by atoms with van der Waals surface area (Å²) in [5, 5.41) is 0.